The van der Waals surface area contributed by atoms with Gasteiger partial charge in [0.15, 0.2) is 17.9 Å². The Morgan fingerprint density at radius 1 is 0.910 bits per heavy atom. The number of methoxy groups -OCH3 is 1. The second kappa shape index (κ2) is 24.7. The molecule has 1 aromatic heterocycles. The molecule has 0 spiro atoms. The van der Waals surface area contributed by atoms with Gasteiger partial charge in [-0.05, 0) is 45.7 Å². The van der Waals surface area contributed by atoms with Gasteiger partial charge < -0.3 is 65.3 Å². The highest BCUT2D eigenvalue weighted by Gasteiger charge is 2.50. The van der Waals surface area contributed by atoms with Crippen molar-refractivity contribution in [3.05, 3.63) is 84.2 Å². The lowest BCUT2D eigenvalue weighted by Crippen LogP contribution is -2.55. The summed E-state index contributed by atoms with van der Waals surface area (Å²) in [6.07, 6.45) is -3.93. The van der Waals surface area contributed by atoms with E-state index in [9.17, 15) is 74.1 Å². The number of aliphatic hydroxyl groups is 5. The molecular weight excluding hydrogens is 1040 g/mol. The summed E-state index contributed by atoms with van der Waals surface area (Å²) in [6.45, 7) is 2.55. The van der Waals surface area contributed by atoms with E-state index in [-0.39, 0.29) is 91.0 Å². The zero-order chi connectivity index (χ0) is 56.3. The Kier molecular flexibility index (Phi) is 18.4. The maximum atomic E-state index is 14.0. The van der Waals surface area contributed by atoms with Gasteiger partial charge in [-0.1, -0.05) is 25.0 Å². The lowest BCUT2D eigenvalue weighted by Gasteiger charge is -2.43. The van der Waals surface area contributed by atoms with Crippen LogP contribution in [0.25, 0.3) is 0 Å². The summed E-state index contributed by atoms with van der Waals surface area (Å²) in [6, 6.07) is 3.59. The minimum Gasteiger partial charge on any atom is -0.507 e. The van der Waals surface area contributed by atoms with Crippen molar-refractivity contribution in [2.24, 2.45) is 0 Å². The summed E-state index contributed by atoms with van der Waals surface area (Å²) in [7, 11) is 1.30. The summed E-state index contributed by atoms with van der Waals surface area (Å²) in [5.74, 6) is -4.76. The van der Waals surface area contributed by atoms with Crippen molar-refractivity contribution < 1.29 is 83.5 Å². The number of carbonyl (C=O) groups excluding carboxylic acids is 6. The maximum absolute atomic E-state index is 14.0. The van der Waals surface area contributed by atoms with E-state index >= 15 is 0 Å². The number of likely N-dealkylation sites (tertiary alicyclic amines) is 1. The number of amides is 3. The number of nitrogens with one attached hydrogen (secondary N) is 2. The van der Waals surface area contributed by atoms with E-state index in [2.05, 4.69) is 10.6 Å². The van der Waals surface area contributed by atoms with Gasteiger partial charge in [0.2, 0.25) is 23.5 Å². The zero-order valence-electron chi connectivity index (χ0n) is 43.5. The number of carbonyl (C=O) groups is 6. The van der Waals surface area contributed by atoms with Crippen molar-refractivity contribution in [1.82, 2.24) is 24.7 Å². The molecule has 24 nitrogen and oxygen atoms in total. The Bertz CT molecular complexity index is 2950. The molecule has 3 fully saturated rings. The lowest BCUT2D eigenvalue weighted by molar-refractivity contribution is -0.249. The zero-order valence-corrected chi connectivity index (χ0v) is 44.3. The number of aromatic nitrogens is 2. The number of aliphatic hydroxyl groups excluding tert-OH is 4. The fraction of sp³-hybridized carbons (Fsp3) is 0.585. The summed E-state index contributed by atoms with van der Waals surface area (Å²) in [5, 5.41) is 81.2. The maximum Gasteiger partial charge on any atom is 0.333 e. The van der Waals surface area contributed by atoms with Crippen LogP contribution in [0.1, 0.15) is 132 Å². The van der Waals surface area contributed by atoms with Crippen LogP contribution in [0, 0.1) is 6.92 Å². The number of fused-ring (bicyclic) bond motifs is 3. The van der Waals surface area contributed by atoms with Gasteiger partial charge in [0, 0.05) is 98.4 Å². The number of hydrogen-bond acceptors (Lipinski definition) is 21. The summed E-state index contributed by atoms with van der Waals surface area (Å²) < 4.78 is 25.7. The molecule has 9 N–H and O–H groups in total. The minimum atomic E-state index is -2.36. The molecule has 3 saturated heterocycles. The molecule has 6 unspecified atom stereocenters. The summed E-state index contributed by atoms with van der Waals surface area (Å²) in [5.41, 5.74) is -4.72. The van der Waals surface area contributed by atoms with Gasteiger partial charge >= 0.3 is 5.69 Å². The van der Waals surface area contributed by atoms with Gasteiger partial charge in [-0.25, -0.2) is 4.79 Å². The molecule has 10 atom stereocenters. The first-order valence-corrected chi connectivity index (χ1v) is 27.2. The van der Waals surface area contributed by atoms with E-state index in [1.54, 1.807) is 13.8 Å². The molecule has 424 valence electrons. The third-order valence-electron chi connectivity index (χ3n) is 15.3. The Hall–Kier alpha value is -5.87. The molecule has 0 bridgehead atoms. The second-order valence-corrected chi connectivity index (χ2v) is 21.8. The van der Waals surface area contributed by atoms with Crippen molar-refractivity contribution in [2.75, 3.05) is 45.7 Å². The molecule has 2 aliphatic carbocycles. The predicted octanol–water partition coefficient (Wildman–Crippen LogP) is -0.0776. The molecule has 25 heteroatoms. The minimum absolute atomic E-state index is 0.0245. The SMILES string of the molecule is COc1cccc2c1C(=O)c1c(O)c3c(c(O)c1C2=O)C[C@@](O)(C(=O)CO)C[C@@H]3OC1CC(NCCCN2C(=O)CC(SCCC(=O)NCCCCCCn3c(=O)c(C)cn([C@H]4CC(O)[C@@H](CO)O4)c3=O)C2=O)C(O)C(C)O1. The number of ketones is 3. The van der Waals surface area contributed by atoms with Gasteiger partial charge in [0.1, 0.15) is 41.8 Å². The summed E-state index contributed by atoms with van der Waals surface area (Å²) >= 11 is 1.22. The van der Waals surface area contributed by atoms with E-state index in [0.29, 0.717) is 43.5 Å². The first-order chi connectivity index (χ1) is 37.2. The smallest absolute Gasteiger partial charge is 0.333 e. The van der Waals surface area contributed by atoms with Gasteiger partial charge in [0.05, 0.1) is 60.1 Å². The number of unbranched alkanes of at least 4 members (excludes halogenated alkanes) is 3. The number of rotatable bonds is 23. The van der Waals surface area contributed by atoms with E-state index in [0.717, 1.165) is 11.0 Å². The Balaban J connectivity index is 0.782. The van der Waals surface area contributed by atoms with Crippen molar-refractivity contribution in [2.45, 2.75) is 151 Å². The van der Waals surface area contributed by atoms with Gasteiger partial charge in [0.25, 0.3) is 5.56 Å². The number of hydrogen-bond donors (Lipinski definition) is 9. The molecule has 3 aromatic rings. The number of Topliss-reactive ketones (excluding diaryl/α,β-unsaturated/α-hetero) is 1. The molecule has 3 amide bonds. The molecule has 3 aliphatic heterocycles. The number of thioether (sulfide) groups is 1. The van der Waals surface area contributed by atoms with Crippen molar-refractivity contribution in [1.29, 1.82) is 0 Å². The molecule has 8 rings (SSSR count). The fourth-order valence-corrected chi connectivity index (χ4v) is 12.1. The number of phenolic OH excluding ortho intramolecular Hbond substituents is 2. The van der Waals surface area contributed by atoms with Crippen LogP contribution in [0.3, 0.4) is 0 Å². The van der Waals surface area contributed by atoms with Crippen LogP contribution in [-0.2, 0) is 46.4 Å². The third-order valence-corrected chi connectivity index (χ3v) is 16.5. The molecule has 0 saturated carbocycles. The number of phenols is 2. The van der Waals surface area contributed by atoms with Crippen LogP contribution in [0.15, 0.2) is 34.0 Å². The average Bonchev–Trinajstić information content (AvgIpc) is 3.99. The number of ether oxygens (including phenoxy) is 4. The fourth-order valence-electron chi connectivity index (χ4n) is 11.0. The topological polar surface area (TPSA) is 352 Å². The Morgan fingerprint density at radius 2 is 1.65 bits per heavy atom. The number of aryl methyl sites for hydroxylation is 1. The van der Waals surface area contributed by atoms with Crippen LogP contribution in [0.4, 0.5) is 0 Å². The largest absolute Gasteiger partial charge is 0.507 e. The monoisotopic (exact) mass is 1110 g/mol. The quantitative estimate of drug-likeness (QED) is 0.0266. The Morgan fingerprint density at radius 3 is 2.37 bits per heavy atom. The van der Waals surface area contributed by atoms with Crippen LogP contribution < -0.4 is 26.6 Å². The highest BCUT2D eigenvalue weighted by molar-refractivity contribution is 8.00. The molecular formula is C53H67N5O19S. The third kappa shape index (κ3) is 11.7. The summed E-state index contributed by atoms with van der Waals surface area (Å²) in [4.78, 5) is 107. The van der Waals surface area contributed by atoms with Crippen molar-refractivity contribution in [3.8, 4) is 17.2 Å². The van der Waals surface area contributed by atoms with Crippen LogP contribution >= 0.6 is 11.8 Å². The molecule has 0 radical (unpaired) electrons. The van der Waals surface area contributed by atoms with Crippen LogP contribution in [0.2, 0.25) is 0 Å². The first kappa shape index (κ1) is 58.3. The molecule has 78 heavy (non-hydrogen) atoms. The normalized spacial score (nSPS) is 26.7. The number of imide groups is 1. The van der Waals surface area contributed by atoms with Crippen LogP contribution in [0.5, 0.6) is 17.2 Å². The standard InChI is InChI=1S/C53H67N5O19S/c1-26-23-58(39-19-31(61)34(24-59)76-39)52(72)57(50(26)70)15-7-5-4-6-13-55-37(63)12-17-78-35-20-38(64)56(51(35)71)16-9-14-54-30-18-40(75-27(2)45(30)65)77-33-22-53(73,36(62)25-60)21-29-42(33)49(69)44-43(47(29)67)46(66)28-10-8-11-32(74-3)41(28)48(44)68/h8,10-11,23,27,30-31,33-35,39-40,45,54,59-61,65,67,69,73H,4-7,9,12-22,24-25H2,1-3H3,(H,55,63)/t27?,30?,31?,33-,34+,35?,39+,40?,45?,53-/m0/s1. The van der Waals surface area contributed by atoms with E-state index in [1.165, 1.54) is 52.7 Å². The predicted molar refractivity (Wildman–Crippen MR) is 275 cm³/mol. The number of nitrogens with zero attached hydrogens (tertiary/aromatic N) is 3. The molecule has 5 aliphatic rings. The van der Waals surface area contributed by atoms with Crippen molar-refractivity contribution in [3.63, 3.8) is 0 Å². The first-order valence-electron chi connectivity index (χ1n) is 26.2. The Labute approximate surface area is 451 Å². The van der Waals surface area contributed by atoms with Crippen molar-refractivity contribution >= 4 is 46.8 Å². The highest BCUT2D eigenvalue weighted by atomic mass is 32.2. The number of aromatic hydroxyl groups is 2. The van der Waals surface area contributed by atoms with Gasteiger partial charge in [-0.3, -0.25) is 47.6 Å². The van der Waals surface area contributed by atoms with Crippen LogP contribution in [-0.4, -0.2) is 178 Å². The number of benzene rings is 2. The second-order valence-electron chi connectivity index (χ2n) is 20.4. The average molecular weight is 1110 g/mol. The van der Waals surface area contributed by atoms with Gasteiger partial charge in [-0.15, -0.1) is 11.8 Å². The molecule has 2 aromatic carbocycles. The van der Waals surface area contributed by atoms with E-state index < -0.39 is 137 Å². The highest BCUT2D eigenvalue weighted by Crippen LogP contribution is 2.52. The van der Waals surface area contributed by atoms with E-state index in [1.807, 2.05) is 0 Å². The van der Waals surface area contributed by atoms with E-state index in [4.69, 9.17) is 18.9 Å². The molecule has 4 heterocycles. The van der Waals surface area contributed by atoms with Gasteiger partial charge in [-0.2, -0.15) is 0 Å². The lowest BCUT2D eigenvalue weighted by atomic mass is 9.72.